The Labute approximate surface area is 250 Å². The second-order valence-electron chi connectivity index (χ2n) is 9.98. The molecule has 1 aliphatic rings. The molecule has 5 nitrogen and oxygen atoms in total. The van der Waals surface area contributed by atoms with E-state index in [1.807, 2.05) is 37.3 Å². The average molecular weight is 590 g/mol. The number of aromatic amines is 1. The van der Waals surface area contributed by atoms with E-state index < -0.39 is 6.10 Å². The van der Waals surface area contributed by atoms with Crippen molar-refractivity contribution in [2.24, 2.45) is 0 Å². The van der Waals surface area contributed by atoms with E-state index in [0.717, 1.165) is 49.0 Å². The van der Waals surface area contributed by atoms with Crippen molar-refractivity contribution in [2.45, 2.75) is 38.8 Å². The minimum atomic E-state index is -0.760. The van der Waals surface area contributed by atoms with Crippen molar-refractivity contribution < 1.29 is 5.11 Å². The van der Waals surface area contributed by atoms with Gasteiger partial charge in [0.15, 0.2) is 0 Å². The van der Waals surface area contributed by atoms with Gasteiger partial charge in [0.25, 0.3) is 0 Å². The summed E-state index contributed by atoms with van der Waals surface area (Å²) in [6.07, 6.45) is -0.760. The molecule has 1 fully saturated rings. The van der Waals surface area contributed by atoms with Gasteiger partial charge in [-0.3, -0.25) is 4.90 Å². The Bertz CT molecular complexity index is 1230. The van der Waals surface area contributed by atoms with Gasteiger partial charge in [0, 0.05) is 43.4 Å². The van der Waals surface area contributed by atoms with E-state index in [0.29, 0.717) is 0 Å². The van der Waals surface area contributed by atoms with Crippen LogP contribution < -0.4 is 5.32 Å². The van der Waals surface area contributed by atoms with Crippen molar-refractivity contribution >= 4 is 37.2 Å². The fraction of sp³-hybridized carbons (Fsp3) is 0.323. The van der Waals surface area contributed by atoms with Crippen LogP contribution in [-0.4, -0.2) is 52.2 Å². The van der Waals surface area contributed by atoms with Crippen LogP contribution in [0.25, 0.3) is 11.4 Å². The number of imidazole rings is 1. The van der Waals surface area contributed by atoms with E-state index in [2.05, 4.69) is 77.6 Å². The maximum absolute atomic E-state index is 12.1. The Balaban J connectivity index is 0.00000178. The second-order valence-corrected chi connectivity index (χ2v) is 9.98. The van der Waals surface area contributed by atoms with Crippen LogP contribution >= 0.6 is 37.2 Å². The largest absolute Gasteiger partial charge is 0.385 e. The summed E-state index contributed by atoms with van der Waals surface area (Å²) in [6.45, 7) is 9.82. The number of aliphatic hydroxyl groups is 1. The first-order valence-electron chi connectivity index (χ1n) is 12.9. The number of nitrogens with zero attached hydrogens (tertiary/aromatic N) is 2. The second kappa shape index (κ2) is 14.8. The molecule has 8 heteroatoms. The maximum Gasteiger partial charge on any atom is 0.137 e. The minimum absolute atomic E-state index is 0. The van der Waals surface area contributed by atoms with Gasteiger partial charge in [-0.15, -0.1) is 37.2 Å². The topological polar surface area (TPSA) is 64.2 Å². The zero-order chi connectivity index (χ0) is 25.1. The van der Waals surface area contributed by atoms with E-state index in [1.165, 1.54) is 22.3 Å². The van der Waals surface area contributed by atoms with E-state index >= 15 is 0 Å². The molecule has 2 atom stereocenters. The van der Waals surface area contributed by atoms with Gasteiger partial charge >= 0.3 is 0 Å². The lowest BCUT2D eigenvalue weighted by Crippen LogP contribution is -2.52. The molecule has 3 N–H and O–H groups in total. The Morgan fingerprint density at radius 1 is 0.744 bits per heavy atom. The van der Waals surface area contributed by atoms with Crippen molar-refractivity contribution in [1.29, 1.82) is 0 Å². The summed E-state index contributed by atoms with van der Waals surface area (Å²) in [7, 11) is 0. The third-order valence-corrected chi connectivity index (χ3v) is 7.36. The predicted octanol–water partition coefficient (Wildman–Crippen LogP) is 6.41. The Kier molecular flexibility index (Phi) is 12.5. The fourth-order valence-corrected chi connectivity index (χ4v) is 5.36. The van der Waals surface area contributed by atoms with Crippen molar-refractivity contribution in [3.05, 3.63) is 113 Å². The summed E-state index contributed by atoms with van der Waals surface area (Å²) in [5.41, 5.74) is 7.54. The zero-order valence-corrected chi connectivity index (χ0v) is 25.1. The van der Waals surface area contributed by atoms with Gasteiger partial charge in [-0.2, -0.15) is 0 Å². The predicted molar refractivity (Wildman–Crippen MR) is 168 cm³/mol. The summed E-state index contributed by atoms with van der Waals surface area (Å²) in [6, 6.07) is 27.5. The maximum atomic E-state index is 12.1. The van der Waals surface area contributed by atoms with Crippen LogP contribution in [0.4, 0.5) is 0 Å². The highest BCUT2D eigenvalue weighted by atomic mass is 35.5. The molecule has 2 heterocycles. The molecule has 5 rings (SSSR count). The van der Waals surface area contributed by atoms with Gasteiger partial charge in [-0.25, -0.2) is 4.98 Å². The number of H-pyrrole nitrogens is 1. The lowest BCUT2D eigenvalue weighted by atomic mass is 9.80. The van der Waals surface area contributed by atoms with Crippen LogP contribution in [0.5, 0.6) is 0 Å². The third-order valence-electron chi connectivity index (χ3n) is 7.36. The normalized spacial score (nSPS) is 15.0. The molecule has 1 aliphatic heterocycles. The van der Waals surface area contributed by atoms with Gasteiger partial charge in [-0.1, -0.05) is 90.0 Å². The lowest BCUT2D eigenvalue weighted by molar-refractivity contribution is 0.0295. The number of aromatic nitrogens is 2. The Morgan fingerprint density at radius 3 is 1.77 bits per heavy atom. The first-order chi connectivity index (χ1) is 17.5. The molecular weight excluding hydrogens is 551 g/mol. The number of hydrogen-bond donors (Lipinski definition) is 3. The number of halogens is 3. The van der Waals surface area contributed by atoms with Crippen LogP contribution in [-0.2, 0) is 0 Å². The molecule has 0 aliphatic carbocycles. The van der Waals surface area contributed by atoms with Crippen molar-refractivity contribution in [1.82, 2.24) is 20.2 Å². The molecule has 0 amide bonds. The minimum Gasteiger partial charge on any atom is -0.385 e. The van der Waals surface area contributed by atoms with Crippen molar-refractivity contribution in [3.8, 4) is 11.4 Å². The molecule has 2 unspecified atom stereocenters. The van der Waals surface area contributed by atoms with E-state index in [1.54, 1.807) is 0 Å². The summed E-state index contributed by atoms with van der Waals surface area (Å²) >= 11 is 0. The number of aliphatic hydroxyl groups excluding tert-OH is 1. The molecule has 1 aromatic heterocycles. The van der Waals surface area contributed by atoms with Crippen LogP contribution in [0.3, 0.4) is 0 Å². The quantitative estimate of drug-likeness (QED) is 0.233. The molecule has 0 saturated carbocycles. The van der Waals surface area contributed by atoms with E-state index in [9.17, 15) is 5.11 Å². The smallest absolute Gasteiger partial charge is 0.137 e. The molecule has 1 saturated heterocycles. The standard InChI is InChI=1S/C31H36N4O.3ClH/c1-21-9-13-24(14-10-21)27(25-15-11-22(2)12-16-25)29(35-19-17-32-18-20-35)30(36)28-23(3)33-31(34-28)26-7-5-4-6-8-26;;;/h4-16,27,29-30,32,36H,17-20H2,1-3H3,(H,33,34);3*1H. The molecule has 0 radical (unpaired) electrons. The van der Waals surface area contributed by atoms with Gasteiger partial charge in [0.2, 0.25) is 0 Å². The van der Waals surface area contributed by atoms with Crippen LogP contribution in [0, 0.1) is 20.8 Å². The number of piperazine rings is 1. The number of aryl methyl sites for hydroxylation is 3. The first kappa shape index (κ1) is 32.8. The van der Waals surface area contributed by atoms with Gasteiger partial charge in [0.05, 0.1) is 11.7 Å². The lowest BCUT2D eigenvalue weighted by Gasteiger charge is -2.42. The third kappa shape index (κ3) is 7.43. The molecule has 3 aromatic carbocycles. The summed E-state index contributed by atoms with van der Waals surface area (Å²) in [5.74, 6) is 0.791. The Morgan fingerprint density at radius 2 is 1.26 bits per heavy atom. The zero-order valence-electron chi connectivity index (χ0n) is 22.6. The molecule has 0 bridgehead atoms. The van der Waals surface area contributed by atoms with Gasteiger partial charge in [0.1, 0.15) is 11.9 Å². The Hall–Kier alpha value is -2.38. The number of hydrogen-bond acceptors (Lipinski definition) is 4. The highest BCUT2D eigenvalue weighted by Gasteiger charge is 2.38. The summed E-state index contributed by atoms with van der Waals surface area (Å²) in [5, 5.41) is 15.6. The molecule has 39 heavy (non-hydrogen) atoms. The van der Waals surface area contributed by atoms with Crippen molar-refractivity contribution in [2.75, 3.05) is 26.2 Å². The number of rotatable bonds is 7. The molecule has 210 valence electrons. The fourth-order valence-electron chi connectivity index (χ4n) is 5.36. The van der Waals surface area contributed by atoms with E-state index in [-0.39, 0.29) is 49.2 Å². The van der Waals surface area contributed by atoms with Gasteiger partial charge in [-0.05, 0) is 31.9 Å². The molecule has 4 aromatic rings. The number of benzene rings is 3. The SMILES string of the molecule is Cc1ccc(C(c2ccc(C)cc2)C(C(O)c2nc(-c3ccccc3)[nH]c2C)N2CCNCC2)cc1.Cl.Cl.Cl. The molecule has 0 spiro atoms. The number of nitrogens with one attached hydrogen (secondary N) is 2. The monoisotopic (exact) mass is 588 g/mol. The first-order valence-corrected chi connectivity index (χ1v) is 12.9. The highest BCUT2D eigenvalue weighted by Crippen LogP contribution is 2.39. The van der Waals surface area contributed by atoms with Crippen molar-refractivity contribution in [3.63, 3.8) is 0 Å². The van der Waals surface area contributed by atoms with Gasteiger partial charge < -0.3 is 15.4 Å². The molecular formula is C31H39Cl3N4O. The van der Waals surface area contributed by atoms with Crippen LogP contribution in [0.2, 0.25) is 0 Å². The van der Waals surface area contributed by atoms with E-state index in [4.69, 9.17) is 4.98 Å². The highest BCUT2D eigenvalue weighted by molar-refractivity contribution is 5.86. The summed E-state index contributed by atoms with van der Waals surface area (Å²) < 4.78 is 0. The summed E-state index contributed by atoms with van der Waals surface area (Å²) in [4.78, 5) is 10.8. The van der Waals surface area contributed by atoms with Crippen LogP contribution in [0.1, 0.15) is 45.7 Å². The average Bonchev–Trinajstić information content (AvgIpc) is 3.31. The van der Waals surface area contributed by atoms with Crippen LogP contribution in [0.15, 0.2) is 78.9 Å².